The fourth-order valence-corrected chi connectivity index (χ4v) is 4.51. The van der Waals surface area contributed by atoms with Gasteiger partial charge in [0.15, 0.2) is 5.96 Å². The summed E-state index contributed by atoms with van der Waals surface area (Å²) in [7, 11) is 1.74. The molecule has 1 N–H and O–H groups in total. The lowest BCUT2D eigenvalue weighted by Gasteiger charge is -2.38. The van der Waals surface area contributed by atoms with Crippen molar-refractivity contribution in [3.8, 4) is 5.75 Å². The van der Waals surface area contributed by atoms with Crippen LogP contribution < -0.4 is 15.0 Å². The Hall–Kier alpha value is -2.73. The summed E-state index contributed by atoms with van der Waals surface area (Å²) in [6.07, 6.45) is 1.21. The molecule has 0 radical (unpaired) electrons. The molecule has 31 heavy (non-hydrogen) atoms. The summed E-state index contributed by atoms with van der Waals surface area (Å²) in [5, 5.41) is 3.50. The Balaban J connectivity index is 1.39. The lowest BCUT2D eigenvalue weighted by atomic mass is 9.95. The van der Waals surface area contributed by atoms with Crippen molar-refractivity contribution < 1.29 is 9.47 Å². The van der Waals surface area contributed by atoms with Crippen LogP contribution in [0.15, 0.2) is 59.6 Å². The van der Waals surface area contributed by atoms with Gasteiger partial charge in [0.2, 0.25) is 0 Å². The molecule has 0 aliphatic carbocycles. The summed E-state index contributed by atoms with van der Waals surface area (Å²) >= 11 is 0. The van der Waals surface area contributed by atoms with Gasteiger partial charge in [0, 0.05) is 51.8 Å². The van der Waals surface area contributed by atoms with Crippen LogP contribution in [-0.2, 0) is 4.74 Å². The van der Waals surface area contributed by atoms with Crippen LogP contribution in [0, 0.1) is 5.92 Å². The van der Waals surface area contributed by atoms with Crippen molar-refractivity contribution in [2.75, 3.05) is 57.9 Å². The molecule has 2 heterocycles. The average Bonchev–Trinajstić information content (AvgIpc) is 3.31. The van der Waals surface area contributed by atoms with Gasteiger partial charge in [-0.15, -0.1) is 0 Å². The number of benzene rings is 2. The summed E-state index contributed by atoms with van der Waals surface area (Å²) < 4.78 is 11.6. The summed E-state index contributed by atoms with van der Waals surface area (Å²) in [4.78, 5) is 9.81. The number of hydrogen-bond acceptors (Lipinski definition) is 4. The highest BCUT2D eigenvalue weighted by atomic mass is 16.5. The smallest absolute Gasteiger partial charge is 0.194 e. The van der Waals surface area contributed by atoms with Crippen LogP contribution in [0.1, 0.15) is 25.0 Å². The highest BCUT2D eigenvalue weighted by Crippen LogP contribution is 2.34. The molecule has 0 amide bonds. The summed E-state index contributed by atoms with van der Waals surface area (Å²) in [6, 6.07) is 18.8. The van der Waals surface area contributed by atoms with Crippen molar-refractivity contribution in [2.45, 2.75) is 19.4 Å². The highest BCUT2D eigenvalue weighted by molar-refractivity contribution is 5.80. The Bertz CT molecular complexity index is 850. The van der Waals surface area contributed by atoms with E-state index in [2.05, 4.69) is 64.5 Å². The predicted molar refractivity (Wildman–Crippen MR) is 126 cm³/mol. The van der Waals surface area contributed by atoms with Gasteiger partial charge in [0.1, 0.15) is 5.75 Å². The molecule has 0 bridgehead atoms. The third-order valence-electron chi connectivity index (χ3n) is 6.16. The first-order chi connectivity index (χ1) is 15.3. The number of hydrogen-bond donors (Lipinski definition) is 1. The van der Waals surface area contributed by atoms with Crippen molar-refractivity contribution in [3.05, 3.63) is 60.2 Å². The number of para-hydroxylation sites is 2. The molecule has 0 spiro atoms. The van der Waals surface area contributed by atoms with Gasteiger partial charge >= 0.3 is 0 Å². The molecular weight excluding hydrogens is 388 g/mol. The molecule has 2 aromatic carbocycles. The fraction of sp³-hybridized carbons (Fsp3) is 0.480. The monoisotopic (exact) mass is 422 g/mol. The number of ether oxygens (including phenoxy) is 2. The van der Waals surface area contributed by atoms with Crippen LogP contribution in [0.5, 0.6) is 5.75 Å². The van der Waals surface area contributed by atoms with Gasteiger partial charge in [0.25, 0.3) is 0 Å². The topological polar surface area (TPSA) is 49.3 Å². The van der Waals surface area contributed by atoms with Gasteiger partial charge in [0.05, 0.1) is 18.9 Å². The molecule has 2 aliphatic heterocycles. The highest BCUT2D eigenvalue weighted by Gasteiger charge is 2.30. The molecule has 2 saturated heterocycles. The first-order valence-electron chi connectivity index (χ1n) is 11.4. The van der Waals surface area contributed by atoms with Crippen LogP contribution in [0.2, 0.25) is 0 Å². The molecule has 2 aliphatic rings. The van der Waals surface area contributed by atoms with E-state index < -0.39 is 0 Å². The van der Waals surface area contributed by atoms with Crippen LogP contribution in [0.3, 0.4) is 0 Å². The zero-order chi connectivity index (χ0) is 21.5. The van der Waals surface area contributed by atoms with Crippen molar-refractivity contribution in [2.24, 2.45) is 10.9 Å². The maximum Gasteiger partial charge on any atom is 0.194 e. The zero-order valence-electron chi connectivity index (χ0n) is 18.7. The summed E-state index contributed by atoms with van der Waals surface area (Å²) in [5.41, 5.74) is 2.43. The third kappa shape index (κ3) is 5.13. The number of methoxy groups -OCH3 is 1. The van der Waals surface area contributed by atoms with E-state index in [1.54, 1.807) is 7.11 Å². The van der Waals surface area contributed by atoms with Crippen LogP contribution >= 0.6 is 0 Å². The first kappa shape index (κ1) is 21.5. The number of piperazine rings is 1. The number of rotatable bonds is 6. The van der Waals surface area contributed by atoms with E-state index in [1.165, 1.54) is 11.3 Å². The van der Waals surface area contributed by atoms with Crippen molar-refractivity contribution in [3.63, 3.8) is 0 Å². The molecule has 4 rings (SSSR count). The van der Waals surface area contributed by atoms with Gasteiger partial charge in [-0.2, -0.15) is 0 Å². The lowest BCUT2D eigenvalue weighted by molar-refractivity contribution is 0.0925. The minimum Gasteiger partial charge on any atom is -0.495 e. The quantitative estimate of drug-likeness (QED) is 0.570. The second-order valence-corrected chi connectivity index (χ2v) is 8.09. The van der Waals surface area contributed by atoms with Gasteiger partial charge < -0.3 is 24.6 Å². The molecular formula is C25H34N4O2. The minimum absolute atomic E-state index is 0.148. The molecule has 6 heteroatoms. The molecule has 166 valence electrons. The van der Waals surface area contributed by atoms with Crippen molar-refractivity contribution in [1.82, 2.24) is 10.2 Å². The molecule has 0 saturated carbocycles. The van der Waals surface area contributed by atoms with Crippen LogP contribution in [-0.4, -0.2) is 63.8 Å². The van der Waals surface area contributed by atoms with Gasteiger partial charge in [-0.1, -0.05) is 42.5 Å². The van der Waals surface area contributed by atoms with Gasteiger partial charge in [-0.25, -0.2) is 0 Å². The Morgan fingerprint density at radius 1 is 1.06 bits per heavy atom. The molecule has 2 unspecified atom stereocenters. The fourth-order valence-electron chi connectivity index (χ4n) is 4.51. The maximum atomic E-state index is 6.05. The average molecular weight is 423 g/mol. The molecule has 2 aromatic rings. The van der Waals surface area contributed by atoms with Crippen LogP contribution in [0.25, 0.3) is 0 Å². The van der Waals surface area contributed by atoms with E-state index in [9.17, 15) is 0 Å². The molecule has 2 fully saturated rings. The van der Waals surface area contributed by atoms with Crippen LogP contribution in [0.4, 0.5) is 5.69 Å². The SMILES string of the molecule is CCNC(=NCC1CCOC1c1ccccc1)N1CCN(c2ccccc2OC)CC1. The lowest BCUT2D eigenvalue weighted by Crippen LogP contribution is -2.52. The van der Waals surface area contributed by atoms with Gasteiger partial charge in [-0.05, 0) is 31.0 Å². The third-order valence-corrected chi connectivity index (χ3v) is 6.16. The summed E-state index contributed by atoms with van der Waals surface area (Å²) in [5.74, 6) is 2.37. The van der Waals surface area contributed by atoms with Gasteiger partial charge in [-0.3, -0.25) is 4.99 Å². The van der Waals surface area contributed by atoms with Crippen molar-refractivity contribution in [1.29, 1.82) is 0 Å². The molecule has 6 nitrogen and oxygen atoms in total. The Morgan fingerprint density at radius 2 is 1.81 bits per heavy atom. The second-order valence-electron chi connectivity index (χ2n) is 8.09. The van der Waals surface area contributed by atoms with E-state index in [0.717, 1.165) is 64.0 Å². The number of guanidine groups is 1. The van der Waals surface area contributed by atoms with E-state index >= 15 is 0 Å². The predicted octanol–water partition coefficient (Wildman–Crippen LogP) is 3.56. The number of anilines is 1. The number of nitrogens with zero attached hydrogens (tertiary/aromatic N) is 3. The van der Waals surface area contributed by atoms with E-state index in [4.69, 9.17) is 14.5 Å². The standard InChI is InChI=1S/C25H34N4O2/c1-3-26-25(27-19-21-13-18-31-24(21)20-9-5-4-6-10-20)29-16-14-28(15-17-29)22-11-7-8-12-23(22)30-2/h4-12,21,24H,3,13-19H2,1-2H3,(H,26,27). The van der Waals surface area contributed by atoms with E-state index in [-0.39, 0.29) is 6.10 Å². The normalized spacial score (nSPS) is 21.9. The first-order valence-corrected chi connectivity index (χ1v) is 11.4. The molecule has 2 atom stereocenters. The Labute approximate surface area is 185 Å². The number of nitrogens with one attached hydrogen (secondary N) is 1. The Kier molecular flexibility index (Phi) is 7.30. The zero-order valence-corrected chi connectivity index (χ0v) is 18.7. The minimum atomic E-state index is 0.148. The van der Waals surface area contributed by atoms with Crippen molar-refractivity contribution >= 4 is 11.6 Å². The van der Waals surface area contributed by atoms with E-state index in [0.29, 0.717) is 5.92 Å². The maximum absolute atomic E-state index is 6.05. The summed E-state index contributed by atoms with van der Waals surface area (Å²) in [6.45, 7) is 8.37. The largest absolute Gasteiger partial charge is 0.495 e. The second kappa shape index (κ2) is 10.5. The van der Waals surface area contributed by atoms with E-state index in [1.807, 2.05) is 12.1 Å². The Morgan fingerprint density at radius 3 is 2.55 bits per heavy atom. The number of aliphatic imine (C=N–C) groups is 1. The molecule has 0 aromatic heterocycles.